The first-order valence-electron chi connectivity index (χ1n) is 4.92. The number of carbonyl (C=O) groups is 1. The van der Waals surface area contributed by atoms with Crippen LogP contribution in [0.2, 0.25) is 0 Å². The Morgan fingerprint density at radius 3 is 2.75 bits per heavy atom. The van der Waals surface area contributed by atoms with Crippen molar-refractivity contribution in [2.45, 2.75) is 13.3 Å². The number of carboxylic acid groups (broad SMARTS) is 1. The second kappa shape index (κ2) is 3.81. The summed E-state index contributed by atoms with van der Waals surface area (Å²) in [5.41, 5.74) is 0.329. The standard InChI is InChI=1S/C12H10O4/c1-2-7-3-4-10-8(5-7)6-9(11(13)14)12(15)16-10/h3-6H,2H2,1H3,(H,13,14). The molecule has 1 aromatic carbocycles. The molecule has 2 rings (SSSR count). The maximum Gasteiger partial charge on any atom is 0.351 e. The molecule has 82 valence electrons. The zero-order valence-corrected chi connectivity index (χ0v) is 8.69. The number of hydrogen-bond acceptors (Lipinski definition) is 3. The lowest BCUT2D eigenvalue weighted by atomic mass is 10.1. The van der Waals surface area contributed by atoms with Gasteiger partial charge in [0.1, 0.15) is 11.1 Å². The molecule has 0 saturated heterocycles. The average Bonchev–Trinajstić information content (AvgIpc) is 2.27. The summed E-state index contributed by atoms with van der Waals surface area (Å²) in [6.45, 7) is 2.00. The van der Waals surface area contributed by atoms with Crippen molar-refractivity contribution >= 4 is 16.9 Å². The first-order chi connectivity index (χ1) is 7.61. The topological polar surface area (TPSA) is 67.5 Å². The van der Waals surface area contributed by atoms with Crippen LogP contribution in [-0.2, 0) is 6.42 Å². The molecule has 1 aromatic heterocycles. The van der Waals surface area contributed by atoms with E-state index in [2.05, 4.69) is 0 Å². The van der Waals surface area contributed by atoms with Crippen LogP contribution in [0, 0.1) is 0 Å². The number of aryl methyl sites for hydroxylation is 1. The number of aromatic carboxylic acids is 1. The van der Waals surface area contributed by atoms with Crippen molar-refractivity contribution in [3.8, 4) is 0 Å². The fraction of sp³-hybridized carbons (Fsp3) is 0.167. The normalized spacial score (nSPS) is 10.6. The lowest BCUT2D eigenvalue weighted by Crippen LogP contribution is -2.12. The third-order valence-electron chi connectivity index (χ3n) is 2.44. The molecule has 0 aliphatic heterocycles. The molecule has 0 radical (unpaired) electrons. The van der Waals surface area contributed by atoms with Gasteiger partial charge in [-0.1, -0.05) is 13.0 Å². The van der Waals surface area contributed by atoms with Crippen molar-refractivity contribution in [2.24, 2.45) is 0 Å². The van der Waals surface area contributed by atoms with Crippen LogP contribution in [0.1, 0.15) is 22.8 Å². The molecule has 0 amide bonds. The summed E-state index contributed by atoms with van der Waals surface area (Å²) in [5.74, 6) is -1.27. The predicted octanol–water partition coefficient (Wildman–Crippen LogP) is 2.05. The van der Waals surface area contributed by atoms with Gasteiger partial charge in [-0.3, -0.25) is 0 Å². The minimum atomic E-state index is -1.27. The molecule has 2 aromatic rings. The van der Waals surface area contributed by atoms with E-state index in [0.717, 1.165) is 12.0 Å². The Balaban J connectivity index is 2.75. The van der Waals surface area contributed by atoms with Gasteiger partial charge in [-0.2, -0.15) is 0 Å². The maximum atomic E-state index is 11.3. The number of rotatable bonds is 2. The maximum absolute atomic E-state index is 11.3. The fourth-order valence-corrected chi connectivity index (χ4v) is 1.54. The van der Waals surface area contributed by atoms with Crippen molar-refractivity contribution in [1.82, 2.24) is 0 Å². The third-order valence-corrected chi connectivity index (χ3v) is 2.44. The monoisotopic (exact) mass is 218 g/mol. The summed E-state index contributed by atoms with van der Waals surface area (Å²) in [7, 11) is 0. The van der Waals surface area contributed by atoms with Crippen LogP contribution in [0.25, 0.3) is 11.0 Å². The van der Waals surface area contributed by atoms with Crippen molar-refractivity contribution < 1.29 is 14.3 Å². The van der Waals surface area contributed by atoms with E-state index in [1.807, 2.05) is 19.1 Å². The molecule has 0 atom stereocenters. The number of hydrogen-bond donors (Lipinski definition) is 1. The van der Waals surface area contributed by atoms with Crippen LogP contribution in [0.3, 0.4) is 0 Å². The Labute approximate surface area is 91.1 Å². The van der Waals surface area contributed by atoms with Gasteiger partial charge in [0.25, 0.3) is 0 Å². The van der Waals surface area contributed by atoms with Gasteiger partial charge < -0.3 is 9.52 Å². The molecular formula is C12H10O4. The van der Waals surface area contributed by atoms with Gasteiger partial charge in [0.05, 0.1) is 0 Å². The van der Waals surface area contributed by atoms with Crippen molar-refractivity contribution in [3.05, 3.63) is 45.8 Å². The van der Waals surface area contributed by atoms with Crippen LogP contribution in [0.5, 0.6) is 0 Å². The van der Waals surface area contributed by atoms with Gasteiger partial charge in [0.15, 0.2) is 0 Å². The van der Waals surface area contributed by atoms with Crippen LogP contribution in [-0.4, -0.2) is 11.1 Å². The molecule has 0 spiro atoms. The van der Waals surface area contributed by atoms with Gasteiger partial charge in [-0.15, -0.1) is 0 Å². The van der Waals surface area contributed by atoms with Crippen molar-refractivity contribution in [3.63, 3.8) is 0 Å². The summed E-state index contributed by atoms with van der Waals surface area (Å²) < 4.78 is 4.92. The van der Waals surface area contributed by atoms with E-state index in [4.69, 9.17) is 9.52 Å². The summed E-state index contributed by atoms with van der Waals surface area (Å²) in [4.78, 5) is 22.0. The molecule has 0 fully saturated rings. The molecule has 0 aliphatic rings. The Hall–Kier alpha value is -2.10. The second-order valence-electron chi connectivity index (χ2n) is 3.48. The molecule has 4 heteroatoms. The first kappa shape index (κ1) is 10.4. The van der Waals surface area contributed by atoms with Crippen molar-refractivity contribution in [2.75, 3.05) is 0 Å². The molecule has 4 nitrogen and oxygen atoms in total. The highest BCUT2D eigenvalue weighted by atomic mass is 16.4. The highest BCUT2D eigenvalue weighted by molar-refractivity contribution is 5.91. The predicted molar refractivity (Wildman–Crippen MR) is 58.8 cm³/mol. The van der Waals surface area contributed by atoms with E-state index in [-0.39, 0.29) is 5.56 Å². The molecule has 16 heavy (non-hydrogen) atoms. The van der Waals surface area contributed by atoms with Gasteiger partial charge >= 0.3 is 11.6 Å². The number of carboxylic acids is 1. The van der Waals surface area contributed by atoms with E-state index >= 15 is 0 Å². The highest BCUT2D eigenvalue weighted by Gasteiger charge is 2.11. The number of fused-ring (bicyclic) bond motifs is 1. The van der Waals surface area contributed by atoms with Crippen LogP contribution < -0.4 is 5.63 Å². The summed E-state index contributed by atoms with van der Waals surface area (Å²) >= 11 is 0. The Bertz CT molecular complexity index is 610. The zero-order valence-electron chi connectivity index (χ0n) is 8.69. The number of benzene rings is 1. The first-order valence-corrected chi connectivity index (χ1v) is 4.92. The van der Waals surface area contributed by atoms with Gasteiger partial charge in [-0.25, -0.2) is 9.59 Å². The van der Waals surface area contributed by atoms with Gasteiger partial charge in [-0.05, 0) is 30.2 Å². The molecule has 0 saturated carbocycles. The lowest BCUT2D eigenvalue weighted by Gasteiger charge is -2.00. The van der Waals surface area contributed by atoms with Crippen LogP contribution in [0.15, 0.2) is 33.5 Å². The Morgan fingerprint density at radius 1 is 1.38 bits per heavy atom. The summed E-state index contributed by atoms with van der Waals surface area (Å²) in [5, 5.41) is 9.43. The van der Waals surface area contributed by atoms with E-state index < -0.39 is 11.6 Å². The Morgan fingerprint density at radius 2 is 2.12 bits per heavy atom. The van der Waals surface area contributed by atoms with Crippen LogP contribution >= 0.6 is 0 Å². The van der Waals surface area contributed by atoms with Gasteiger partial charge in [0.2, 0.25) is 0 Å². The molecule has 0 unspecified atom stereocenters. The van der Waals surface area contributed by atoms with E-state index in [1.165, 1.54) is 6.07 Å². The smallest absolute Gasteiger partial charge is 0.351 e. The molecule has 1 heterocycles. The molecule has 0 aliphatic carbocycles. The van der Waals surface area contributed by atoms with Crippen molar-refractivity contribution in [1.29, 1.82) is 0 Å². The molecule has 0 bridgehead atoms. The quantitative estimate of drug-likeness (QED) is 0.783. The lowest BCUT2D eigenvalue weighted by molar-refractivity contribution is 0.0692. The summed E-state index contributed by atoms with van der Waals surface area (Å²) in [6, 6.07) is 6.71. The minimum absolute atomic E-state index is 0.333. The summed E-state index contributed by atoms with van der Waals surface area (Å²) in [6.07, 6.45) is 0.845. The molecular weight excluding hydrogens is 208 g/mol. The van der Waals surface area contributed by atoms with E-state index in [1.54, 1.807) is 6.07 Å². The average molecular weight is 218 g/mol. The SMILES string of the molecule is CCc1ccc2oc(=O)c(C(=O)O)cc2c1. The largest absolute Gasteiger partial charge is 0.477 e. The highest BCUT2D eigenvalue weighted by Crippen LogP contribution is 2.16. The zero-order chi connectivity index (χ0) is 11.7. The minimum Gasteiger partial charge on any atom is -0.477 e. The van der Waals surface area contributed by atoms with Crippen LogP contribution in [0.4, 0.5) is 0 Å². The van der Waals surface area contributed by atoms with Gasteiger partial charge in [0, 0.05) is 5.39 Å². The second-order valence-corrected chi connectivity index (χ2v) is 3.48. The Kier molecular flexibility index (Phi) is 2.48. The van der Waals surface area contributed by atoms with E-state index in [0.29, 0.717) is 11.0 Å². The fourth-order valence-electron chi connectivity index (χ4n) is 1.54. The molecule has 1 N–H and O–H groups in total. The third kappa shape index (κ3) is 1.69. The van der Waals surface area contributed by atoms with E-state index in [9.17, 15) is 9.59 Å².